The highest BCUT2D eigenvalue weighted by Crippen LogP contribution is 2.27. The molecule has 2 aliphatic rings. The van der Waals surface area contributed by atoms with Gasteiger partial charge in [-0.25, -0.2) is 0 Å². The van der Waals surface area contributed by atoms with Crippen LogP contribution in [0.5, 0.6) is 0 Å². The molecule has 0 aromatic heterocycles. The number of nitrogens with one attached hydrogen (secondary N) is 3. The standard InChI is InChI=1S/C14H25N3O2/c1-10(18)17-13(11-5-2-3-6-11)14(19)16-9-12-7-4-8-15-12/h11-13,15H,2-9H2,1H3,(H,16,19)(H,17,18). The normalized spacial score (nSPS) is 25.2. The van der Waals surface area contributed by atoms with Crippen molar-refractivity contribution in [2.45, 2.75) is 57.5 Å². The Hall–Kier alpha value is -1.10. The summed E-state index contributed by atoms with van der Waals surface area (Å²) in [7, 11) is 0. The molecular weight excluding hydrogens is 242 g/mol. The van der Waals surface area contributed by atoms with Crippen molar-refractivity contribution < 1.29 is 9.59 Å². The number of carbonyl (C=O) groups is 2. The third-order valence-electron chi connectivity index (χ3n) is 4.20. The van der Waals surface area contributed by atoms with Gasteiger partial charge in [0.2, 0.25) is 11.8 Å². The van der Waals surface area contributed by atoms with Crippen LogP contribution in [0.3, 0.4) is 0 Å². The lowest BCUT2D eigenvalue weighted by Crippen LogP contribution is -2.51. The lowest BCUT2D eigenvalue weighted by atomic mass is 9.97. The number of amides is 2. The van der Waals surface area contributed by atoms with Gasteiger partial charge in [0, 0.05) is 19.5 Å². The molecule has 0 spiro atoms. The minimum Gasteiger partial charge on any atom is -0.353 e. The average Bonchev–Trinajstić information content (AvgIpc) is 3.05. The van der Waals surface area contributed by atoms with Gasteiger partial charge in [-0.2, -0.15) is 0 Å². The smallest absolute Gasteiger partial charge is 0.242 e. The topological polar surface area (TPSA) is 70.2 Å². The summed E-state index contributed by atoms with van der Waals surface area (Å²) < 4.78 is 0. The maximum atomic E-state index is 12.3. The minimum absolute atomic E-state index is 0.0178. The fourth-order valence-electron chi connectivity index (χ4n) is 3.17. The van der Waals surface area contributed by atoms with E-state index in [-0.39, 0.29) is 17.9 Å². The Bertz CT molecular complexity index is 321. The zero-order valence-electron chi connectivity index (χ0n) is 11.7. The van der Waals surface area contributed by atoms with Gasteiger partial charge in [-0.1, -0.05) is 12.8 Å². The van der Waals surface area contributed by atoms with Crippen LogP contribution in [0, 0.1) is 5.92 Å². The van der Waals surface area contributed by atoms with Gasteiger partial charge >= 0.3 is 0 Å². The van der Waals surface area contributed by atoms with E-state index >= 15 is 0 Å². The Morgan fingerprint density at radius 1 is 1.21 bits per heavy atom. The summed E-state index contributed by atoms with van der Waals surface area (Å²) in [5.74, 6) is 0.169. The van der Waals surface area contributed by atoms with E-state index in [0.717, 1.165) is 38.6 Å². The van der Waals surface area contributed by atoms with Gasteiger partial charge in [0.1, 0.15) is 6.04 Å². The Morgan fingerprint density at radius 2 is 1.95 bits per heavy atom. The second kappa shape index (κ2) is 6.89. The van der Waals surface area contributed by atoms with Gasteiger partial charge in [-0.15, -0.1) is 0 Å². The van der Waals surface area contributed by atoms with E-state index in [1.165, 1.54) is 13.3 Å². The Morgan fingerprint density at radius 3 is 2.53 bits per heavy atom. The van der Waals surface area contributed by atoms with Gasteiger partial charge in [0.25, 0.3) is 0 Å². The van der Waals surface area contributed by atoms with Gasteiger partial charge in [-0.05, 0) is 38.1 Å². The molecular formula is C14H25N3O2. The summed E-state index contributed by atoms with van der Waals surface area (Å²) in [4.78, 5) is 23.5. The SMILES string of the molecule is CC(=O)NC(C(=O)NCC1CCCN1)C1CCCC1. The molecule has 3 N–H and O–H groups in total. The van der Waals surface area contributed by atoms with Crippen molar-refractivity contribution in [1.29, 1.82) is 0 Å². The number of hydrogen-bond donors (Lipinski definition) is 3. The van der Waals surface area contributed by atoms with Crippen molar-refractivity contribution in [3.8, 4) is 0 Å². The molecule has 2 unspecified atom stereocenters. The van der Waals surface area contributed by atoms with E-state index in [1.807, 2.05) is 0 Å². The summed E-state index contributed by atoms with van der Waals surface area (Å²) >= 11 is 0. The van der Waals surface area contributed by atoms with E-state index in [4.69, 9.17) is 0 Å². The molecule has 2 atom stereocenters. The number of hydrogen-bond acceptors (Lipinski definition) is 3. The van der Waals surface area contributed by atoms with Crippen LogP contribution in [0.2, 0.25) is 0 Å². The molecule has 0 radical (unpaired) electrons. The van der Waals surface area contributed by atoms with Crippen molar-refractivity contribution in [3.63, 3.8) is 0 Å². The summed E-state index contributed by atoms with van der Waals surface area (Å²) in [6.07, 6.45) is 6.71. The fourth-order valence-corrected chi connectivity index (χ4v) is 3.17. The van der Waals surface area contributed by atoms with Crippen LogP contribution in [0.15, 0.2) is 0 Å². The van der Waals surface area contributed by atoms with Crippen molar-refractivity contribution in [2.75, 3.05) is 13.1 Å². The molecule has 0 aromatic rings. The van der Waals surface area contributed by atoms with Crippen LogP contribution < -0.4 is 16.0 Å². The quantitative estimate of drug-likeness (QED) is 0.681. The first-order valence-corrected chi connectivity index (χ1v) is 7.45. The third-order valence-corrected chi connectivity index (χ3v) is 4.20. The first-order chi connectivity index (χ1) is 9.16. The summed E-state index contributed by atoms with van der Waals surface area (Å²) in [6.45, 7) is 3.19. The Labute approximate surface area is 114 Å². The van der Waals surface area contributed by atoms with Gasteiger partial charge in [0.15, 0.2) is 0 Å². The lowest BCUT2D eigenvalue weighted by molar-refractivity contribution is -0.129. The molecule has 5 heteroatoms. The largest absolute Gasteiger partial charge is 0.353 e. The van der Waals surface area contributed by atoms with Crippen molar-refractivity contribution in [3.05, 3.63) is 0 Å². The van der Waals surface area contributed by atoms with Crippen LogP contribution in [-0.4, -0.2) is 37.0 Å². The first kappa shape index (κ1) is 14.3. The predicted molar refractivity (Wildman–Crippen MR) is 73.6 cm³/mol. The van der Waals surface area contributed by atoms with E-state index < -0.39 is 0 Å². The molecule has 2 fully saturated rings. The highest BCUT2D eigenvalue weighted by molar-refractivity contribution is 5.87. The Kier molecular flexibility index (Phi) is 5.19. The lowest BCUT2D eigenvalue weighted by Gasteiger charge is -2.24. The molecule has 19 heavy (non-hydrogen) atoms. The van der Waals surface area contributed by atoms with Crippen LogP contribution in [0.25, 0.3) is 0 Å². The van der Waals surface area contributed by atoms with Crippen LogP contribution >= 0.6 is 0 Å². The maximum Gasteiger partial charge on any atom is 0.242 e. The van der Waals surface area contributed by atoms with E-state index in [0.29, 0.717) is 18.5 Å². The Balaban J connectivity index is 1.84. The van der Waals surface area contributed by atoms with Gasteiger partial charge < -0.3 is 16.0 Å². The van der Waals surface area contributed by atoms with Crippen LogP contribution in [0.4, 0.5) is 0 Å². The highest BCUT2D eigenvalue weighted by Gasteiger charge is 2.31. The molecule has 5 nitrogen and oxygen atoms in total. The zero-order chi connectivity index (χ0) is 13.7. The predicted octanol–water partition coefficient (Wildman–Crippen LogP) is 0.549. The average molecular weight is 267 g/mol. The number of rotatable bonds is 5. The summed E-state index contributed by atoms with van der Waals surface area (Å²) in [5, 5.41) is 9.18. The van der Waals surface area contributed by atoms with E-state index in [1.54, 1.807) is 0 Å². The fraction of sp³-hybridized carbons (Fsp3) is 0.857. The second-order valence-corrected chi connectivity index (χ2v) is 5.76. The first-order valence-electron chi connectivity index (χ1n) is 7.45. The van der Waals surface area contributed by atoms with E-state index in [2.05, 4.69) is 16.0 Å². The summed E-state index contributed by atoms with van der Waals surface area (Å²) in [5.41, 5.74) is 0. The van der Waals surface area contributed by atoms with Gasteiger partial charge in [-0.3, -0.25) is 9.59 Å². The molecule has 1 aliphatic carbocycles. The van der Waals surface area contributed by atoms with Crippen LogP contribution in [0.1, 0.15) is 45.4 Å². The third kappa shape index (κ3) is 4.20. The zero-order valence-corrected chi connectivity index (χ0v) is 11.7. The van der Waals surface area contributed by atoms with E-state index in [9.17, 15) is 9.59 Å². The molecule has 2 amide bonds. The van der Waals surface area contributed by atoms with Gasteiger partial charge in [0.05, 0.1) is 0 Å². The van der Waals surface area contributed by atoms with Crippen molar-refractivity contribution in [1.82, 2.24) is 16.0 Å². The molecule has 1 heterocycles. The maximum absolute atomic E-state index is 12.3. The second-order valence-electron chi connectivity index (χ2n) is 5.76. The van der Waals surface area contributed by atoms with Crippen molar-refractivity contribution >= 4 is 11.8 Å². The van der Waals surface area contributed by atoms with Crippen molar-refractivity contribution in [2.24, 2.45) is 5.92 Å². The molecule has 1 saturated heterocycles. The molecule has 1 saturated carbocycles. The molecule has 108 valence electrons. The minimum atomic E-state index is -0.346. The number of carbonyl (C=O) groups excluding carboxylic acids is 2. The molecule has 0 aromatic carbocycles. The monoisotopic (exact) mass is 267 g/mol. The summed E-state index contributed by atoms with van der Waals surface area (Å²) in [6, 6.07) is 0.0481. The molecule has 0 bridgehead atoms. The molecule has 2 rings (SSSR count). The molecule has 1 aliphatic heterocycles. The highest BCUT2D eigenvalue weighted by atomic mass is 16.2. The van der Waals surface area contributed by atoms with Crippen LogP contribution in [-0.2, 0) is 9.59 Å².